The number of benzene rings is 4. The minimum atomic E-state index is -0.941. The molecule has 0 bridgehead atoms. The summed E-state index contributed by atoms with van der Waals surface area (Å²) in [5.41, 5.74) is 6.02. The van der Waals surface area contributed by atoms with Gasteiger partial charge in [0.2, 0.25) is 0 Å². The molecule has 1 heterocycles. The largest absolute Gasteiger partial charge is 0.489 e. The number of aryl methyl sites for hydroxylation is 1. The molecule has 4 aromatic carbocycles. The molecular formula is C33H26Cl2N2O3. The highest BCUT2D eigenvalue weighted by atomic mass is 35.5. The van der Waals surface area contributed by atoms with E-state index in [1.165, 1.54) is 0 Å². The third-order valence-corrected chi connectivity index (χ3v) is 7.01. The molecule has 0 radical (unpaired) electrons. The lowest BCUT2D eigenvalue weighted by molar-refractivity contribution is 0.0697. The Morgan fingerprint density at radius 1 is 0.925 bits per heavy atom. The van der Waals surface area contributed by atoms with Crippen LogP contribution in [0.25, 0.3) is 34.5 Å². The summed E-state index contributed by atoms with van der Waals surface area (Å²) in [4.78, 5) is 15.8. The van der Waals surface area contributed by atoms with Crippen LogP contribution in [0.2, 0.25) is 10.0 Å². The van der Waals surface area contributed by atoms with Crippen LogP contribution >= 0.6 is 23.2 Å². The summed E-state index contributed by atoms with van der Waals surface area (Å²) in [5.74, 6) is 0.640. The summed E-state index contributed by atoms with van der Waals surface area (Å²) in [5, 5.41) is 10.2. The number of ether oxygens (including phenoxy) is 1. The molecule has 0 amide bonds. The van der Waals surface area contributed by atoms with Crippen molar-refractivity contribution in [3.63, 3.8) is 0 Å². The lowest BCUT2D eigenvalue weighted by atomic mass is 10.0. The van der Waals surface area contributed by atoms with Gasteiger partial charge in [-0.25, -0.2) is 9.78 Å². The number of nitrogens with zero attached hydrogens (tertiary/aromatic N) is 2. The first-order chi connectivity index (χ1) is 19.4. The predicted molar refractivity (Wildman–Crippen MR) is 162 cm³/mol. The topological polar surface area (TPSA) is 64.4 Å². The van der Waals surface area contributed by atoms with Gasteiger partial charge in [-0.05, 0) is 83.8 Å². The van der Waals surface area contributed by atoms with Crippen molar-refractivity contribution in [2.75, 3.05) is 0 Å². The molecule has 5 rings (SSSR count). The smallest absolute Gasteiger partial charge is 0.335 e. The minimum absolute atomic E-state index is 0.258. The van der Waals surface area contributed by atoms with Gasteiger partial charge in [-0.1, -0.05) is 71.7 Å². The Bertz CT molecular complexity index is 1670. The standard InChI is InChI=1S/C33H26Cl2N2O3/c1-2-37-20-31(29-16-13-27(34)19-30(29)35)36-32(37)17-8-22-4-3-5-26(18-22)24-11-14-28(15-12-24)40-21-23-6-9-25(10-7-23)33(38)39/h3-20H,2,21H2,1H3,(H,38,39). The quantitative estimate of drug-likeness (QED) is 0.192. The molecule has 0 saturated heterocycles. The van der Waals surface area contributed by atoms with Crippen LogP contribution in [0.5, 0.6) is 5.75 Å². The van der Waals surface area contributed by atoms with Crippen LogP contribution < -0.4 is 4.74 Å². The Labute approximate surface area is 242 Å². The molecule has 5 aromatic rings. The predicted octanol–water partition coefficient (Wildman–Crippen LogP) is 8.99. The van der Waals surface area contributed by atoms with Crippen molar-refractivity contribution in [1.29, 1.82) is 0 Å². The van der Waals surface area contributed by atoms with E-state index < -0.39 is 5.97 Å². The van der Waals surface area contributed by atoms with Crippen molar-refractivity contribution in [2.45, 2.75) is 20.1 Å². The molecule has 7 heteroatoms. The Hall–Kier alpha value is -4.32. The van der Waals surface area contributed by atoms with Crippen LogP contribution in [0.4, 0.5) is 0 Å². The van der Waals surface area contributed by atoms with Gasteiger partial charge in [0.25, 0.3) is 0 Å². The first-order valence-electron chi connectivity index (χ1n) is 12.8. The van der Waals surface area contributed by atoms with Crippen LogP contribution in [0.1, 0.15) is 34.2 Å². The minimum Gasteiger partial charge on any atom is -0.489 e. The van der Waals surface area contributed by atoms with E-state index in [4.69, 9.17) is 38.0 Å². The average molecular weight is 569 g/mol. The van der Waals surface area contributed by atoms with E-state index in [0.29, 0.717) is 16.7 Å². The number of carbonyl (C=O) groups is 1. The number of aromatic nitrogens is 2. The fourth-order valence-corrected chi connectivity index (χ4v) is 4.80. The van der Waals surface area contributed by atoms with Gasteiger partial charge in [-0.3, -0.25) is 0 Å². The number of hydrogen-bond acceptors (Lipinski definition) is 3. The van der Waals surface area contributed by atoms with E-state index in [9.17, 15) is 4.79 Å². The maximum atomic E-state index is 11.0. The zero-order chi connectivity index (χ0) is 28.1. The lowest BCUT2D eigenvalue weighted by Crippen LogP contribution is -1.98. The number of hydrogen-bond donors (Lipinski definition) is 1. The fraction of sp³-hybridized carbons (Fsp3) is 0.0909. The molecule has 1 aromatic heterocycles. The summed E-state index contributed by atoms with van der Waals surface area (Å²) >= 11 is 12.5. The molecule has 0 atom stereocenters. The van der Waals surface area contributed by atoms with Gasteiger partial charge in [0.05, 0.1) is 16.3 Å². The molecule has 1 N–H and O–H groups in total. The monoisotopic (exact) mass is 568 g/mol. The van der Waals surface area contributed by atoms with Gasteiger partial charge in [0, 0.05) is 23.3 Å². The van der Waals surface area contributed by atoms with Crippen molar-refractivity contribution in [3.8, 4) is 28.1 Å². The average Bonchev–Trinajstić information content (AvgIpc) is 3.38. The first-order valence-corrected chi connectivity index (χ1v) is 13.5. The zero-order valence-electron chi connectivity index (χ0n) is 21.7. The third kappa shape index (κ3) is 6.45. The van der Waals surface area contributed by atoms with Gasteiger partial charge in [0.15, 0.2) is 0 Å². The van der Waals surface area contributed by atoms with E-state index in [-0.39, 0.29) is 5.56 Å². The normalized spacial score (nSPS) is 11.2. The van der Waals surface area contributed by atoms with Crippen molar-refractivity contribution in [2.24, 2.45) is 0 Å². The van der Waals surface area contributed by atoms with E-state index >= 15 is 0 Å². The van der Waals surface area contributed by atoms with Crippen LogP contribution in [-0.4, -0.2) is 20.6 Å². The van der Waals surface area contributed by atoms with Crippen LogP contribution in [-0.2, 0) is 13.2 Å². The number of aromatic carboxylic acids is 1. The zero-order valence-corrected chi connectivity index (χ0v) is 23.2. The summed E-state index contributed by atoms with van der Waals surface area (Å²) in [6.07, 6.45) is 6.06. The third-order valence-electron chi connectivity index (χ3n) is 6.46. The molecule has 0 spiro atoms. The molecule has 5 nitrogen and oxygen atoms in total. The molecule has 0 unspecified atom stereocenters. The maximum absolute atomic E-state index is 11.0. The van der Waals surface area contributed by atoms with Gasteiger partial charge < -0.3 is 14.4 Å². The Morgan fingerprint density at radius 2 is 1.70 bits per heavy atom. The molecule has 0 saturated carbocycles. The van der Waals surface area contributed by atoms with Gasteiger partial charge in [-0.15, -0.1) is 0 Å². The van der Waals surface area contributed by atoms with Gasteiger partial charge >= 0.3 is 5.97 Å². The SMILES string of the molecule is CCn1cc(-c2ccc(Cl)cc2Cl)nc1C=Cc1cccc(-c2ccc(OCc3ccc(C(=O)O)cc3)cc2)c1. The second kappa shape index (κ2) is 12.2. The van der Waals surface area contributed by atoms with Crippen molar-refractivity contribution in [1.82, 2.24) is 9.55 Å². The molecule has 0 aliphatic carbocycles. The fourth-order valence-electron chi connectivity index (χ4n) is 4.29. The van der Waals surface area contributed by atoms with E-state index in [1.54, 1.807) is 30.3 Å². The number of imidazole rings is 1. The summed E-state index contributed by atoms with van der Waals surface area (Å²) in [7, 11) is 0. The van der Waals surface area contributed by atoms with Crippen molar-refractivity contribution in [3.05, 3.63) is 130 Å². The Morgan fingerprint density at radius 3 is 2.40 bits per heavy atom. The van der Waals surface area contributed by atoms with Crippen LogP contribution in [0.3, 0.4) is 0 Å². The van der Waals surface area contributed by atoms with E-state index in [2.05, 4.69) is 35.8 Å². The molecule has 40 heavy (non-hydrogen) atoms. The number of carboxylic acid groups (broad SMARTS) is 1. The van der Waals surface area contributed by atoms with Crippen molar-refractivity contribution >= 4 is 41.3 Å². The Kier molecular flexibility index (Phi) is 8.34. The lowest BCUT2D eigenvalue weighted by Gasteiger charge is -2.08. The second-order valence-corrected chi connectivity index (χ2v) is 10.0. The number of halogens is 2. The van der Waals surface area contributed by atoms with E-state index in [0.717, 1.165) is 51.6 Å². The number of carboxylic acids is 1. The number of rotatable bonds is 9. The van der Waals surface area contributed by atoms with Crippen molar-refractivity contribution < 1.29 is 14.6 Å². The molecule has 0 fully saturated rings. The highest BCUT2D eigenvalue weighted by Gasteiger charge is 2.11. The van der Waals surface area contributed by atoms with Crippen LogP contribution in [0, 0.1) is 0 Å². The van der Waals surface area contributed by atoms with Gasteiger partial charge in [0.1, 0.15) is 18.2 Å². The molecule has 200 valence electrons. The Balaban J connectivity index is 1.28. The maximum Gasteiger partial charge on any atom is 0.335 e. The van der Waals surface area contributed by atoms with Crippen LogP contribution in [0.15, 0.2) is 97.2 Å². The van der Waals surface area contributed by atoms with E-state index in [1.807, 2.05) is 54.7 Å². The highest BCUT2D eigenvalue weighted by Crippen LogP contribution is 2.30. The summed E-state index contributed by atoms with van der Waals surface area (Å²) < 4.78 is 7.96. The summed E-state index contributed by atoms with van der Waals surface area (Å²) in [6.45, 7) is 3.22. The highest BCUT2D eigenvalue weighted by molar-refractivity contribution is 6.36. The first kappa shape index (κ1) is 27.3. The second-order valence-electron chi connectivity index (χ2n) is 9.17. The molecular weight excluding hydrogens is 543 g/mol. The summed E-state index contributed by atoms with van der Waals surface area (Å²) in [6, 6.07) is 28.3. The molecule has 0 aliphatic rings. The molecule has 0 aliphatic heterocycles. The van der Waals surface area contributed by atoms with Gasteiger partial charge in [-0.2, -0.15) is 0 Å².